The number of hydrogen-bond donors (Lipinski definition) is 1. The van der Waals surface area contributed by atoms with Crippen molar-refractivity contribution in [1.82, 2.24) is 10.2 Å². The van der Waals surface area contributed by atoms with Crippen LogP contribution in [-0.4, -0.2) is 49.2 Å². The van der Waals surface area contributed by atoms with Gasteiger partial charge in [0.05, 0.1) is 12.6 Å². The van der Waals surface area contributed by atoms with E-state index in [0.717, 1.165) is 39.0 Å². The van der Waals surface area contributed by atoms with E-state index >= 15 is 0 Å². The highest BCUT2D eigenvalue weighted by molar-refractivity contribution is 5.78. The molecular formula is C13H26N2O2. The Kier molecular flexibility index (Phi) is 6.52. The number of rotatable bonds is 6. The van der Waals surface area contributed by atoms with Crippen LogP contribution in [0.1, 0.15) is 40.0 Å². The summed E-state index contributed by atoms with van der Waals surface area (Å²) in [5.74, 6) is 0.198. The molecule has 0 spiro atoms. The number of carbonyl (C=O) groups excluding carboxylic acids is 1. The third-order valence-corrected chi connectivity index (χ3v) is 2.95. The van der Waals surface area contributed by atoms with E-state index in [4.69, 9.17) is 4.74 Å². The van der Waals surface area contributed by atoms with E-state index in [1.54, 1.807) is 0 Å². The van der Waals surface area contributed by atoms with Crippen molar-refractivity contribution in [3.63, 3.8) is 0 Å². The molecule has 1 fully saturated rings. The summed E-state index contributed by atoms with van der Waals surface area (Å²) >= 11 is 0. The van der Waals surface area contributed by atoms with Gasteiger partial charge in [0, 0.05) is 25.7 Å². The summed E-state index contributed by atoms with van der Waals surface area (Å²) in [6, 6.07) is 0.357. The molecule has 0 aromatic heterocycles. The van der Waals surface area contributed by atoms with Crippen molar-refractivity contribution in [2.75, 3.05) is 26.2 Å². The number of likely N-dealkylation sites (tertiary alicyclic amines) is 1. The maximum absolute atomic E-state index is 11.9. The van der Waals surface area contributed by atoms with Gasteiger partial charge in [-0.15, -0.1) is 0 Å². The van der Waals surface area contributed by atoms with Crippen LogP contribution in [0.2, 0.25) is 0 Å². The van der Waals surface area contributed by atoms with E-state index in [1.165, 1.54) is 0 Å². The van der Waals surface area contributed by atoms with Crippen molar-refractivity contribution < 1.29 is 9.53 Å². The van der Waals surface area contributed by atoms with Crippen molar-refractivity contribution in [3.8, 4) is 0 Å². The SMILES string of the molecule is CCCOC1CCCN(C(=O)CNC(C)C)C1. The lowest BCUT2D eigenvalue weighted by molar-refractivity contribution is -0.134. The normalized spacial score (nSPS) is 20.9. The molecular weight excluding hydrogens is 216 g/mol. The van der Waals surface area contributed by atoms with Gasteiger partial charge >= 0.3 is 0 Å². The first-order chi connectivity index (χ1) is 8.13. The number of ether oxygens (including phenoxy) is 1. The van der Waals surface area contributed by atoms with Crippen molar-refractivity contribution in [1.29, 1.82) is 0 Å². The van der Waals surface area contributed by atoms with Gasteiger partial charge < -0.3 is 15.0 Å². The Hall–Kier alpha value is -0.610. The molecule has 1 heterocycles. The van der Waals surface area contributed by atoms with Gasteiger partial charge in [-0.25, -0.2) is 0 Å². The van der Waals surface area contributed by atoms with Crippen LogP contribution in [0.25, 0.3) is 0 Å². The molecule has 4 nitrogen and oxygen atoms in total. The van der Waals surface area contributed by atoms with Crippen LogP contribution in [-0.2, 0) is 9.53 Å². The summed E-state index contributed by atoms with van der Waals surface area (Å²) in [7, 11) is 0. The molecule has 1 rings (SSSR count). The second kappa shape index (κ2) is 7.67. The molecule has 0 saturated carbocycles. The zero-order valence-corrected chi connectivity index (χ0v) is 11.4. The van der Waals surface area contributed by atoms with Gasteiger partial charge in [-0.05, 0) is 19.3 Å². The predicted molar refractivity (Wildman–Crippen MR) is 69.0 cm³/mol. The van der Waals surface area contributed by atoms with Crippen LogP contribution in [0.5, 0.6) is 0 Å². The number of hydrogen-bond acceptors (Lipinski definition) is 3. The maximum atomic E-state index is 11.9. The minimum atomic E-state index is 0.198. The number of piperidine rings is 1. The molecule has 1 aliphatic heterocycles. The van der Waals surface area contributed by atoms with Gasteiger partial charge in [-0.3, -0.25) is 4.79 Å². The van der Waals surface area contributed by atoms with Crippen molar-refractivity contribution >= 4 is 5.91 Å². The van der Waals surface area contributed by atoms with E-state index in [2.05, 4.69) is 26.1 Å². The second-order valence-electron chi connectivity index (χ2n) is 5.01. The summed E-state index contributed by atoms with van der Waals surface area (Å²) in [4.78, 5) is 13.9. The first-order valence-electron chi connectivity index (χ1n) is 6.76. The molecule has 4 heteroatoms. The summed E-state index contributed by atoms with van der Waals surface area (Å²) in [5.41, 5.74) is 0. The van der Waals surface area contributed by atoms with Gasteiger partial charge in [-0.2, -0.15) is 0 Å². The van der Waals surface area contributed by atoms with Gasteiger partial charge in [0.1, 0.15) is 0 Å². The Balaban J connectivity index is 2.30. The lowest BCUT2D eigenvalue weighted by Gasteiger charge is -2.33. The fraction of sp³-hybridized carbons (Fsp3) is 0.923. The highest BCUT2D eigenvalue weighted by Gasteiger charge is 2.23. The Morgan fingerprint density at radius 2 is 2.29 bits per heavy atom. The second-order valence-corrected chi connectivity index (χ2v) is 5.01. The Bertz CT molecular complexity index is 231. The quantitative estimate of drug-likeness (QED) is 0.765. The van der Waals surface area contributed by atoms with Crippen molar-refractivity contribution in [2.24, 2.45) is 0 Å². The summed E-state index contributed by atoms with van der Waals surface area (Å²) in [6.07, 6.45) is 3.43. The van der Waals surface area contributed by atoms with E-state index in [0.29, 0.717) is 12.6 Å². The third kappa shape index (κ3) is 5.50. The molecule has 1 saturated heterocycles. The van der Waals surface area contributed by atoms with Crippen LogP contribution in [0.3, 0.4) is 0 Å². The molecule has 1 unspecified atom stereocenters. The average molecular weight is 242 g/mol. The molecule has 1 atom stereocenters. The molecule has 0 bridgehead atoms. The minimum Gasteiger partial charge on any atom is -0.376 e. The standard InChI is InChI=1S/C13H26N2O2/c1-4-8-17-12-6-5-7-15(10-12)13(16)9-14-11(2)3/h11-12,14H,4-10H2,1-3H3. The Labute approximate surface area is 105 Å². The summed E-state index contributed by atoms with van der Waals surface area (Å²) in [6.45, 7) is 9.10. The van der Waals surface area contributed by atoms with Crippen LogP contribution >= 0.6 is 0 Å². The number of nitrogens with one attached hydrogen (secondary N) is 1. The van der Waals surface area contributed by atoms with Crippen molar-refractivity contribution in [3.05, 3.63) is 0 Å². The van der Waals surface area contributed by atoms with Crippen LogP contribution in [0, 0.1) is 0 Å². The van der Waals surface area contributed by atoms with Crippen LogP contribution in [0.15, 0.2) is 0 Å². The van der Waals surface area contributed by atoms with Gasteiger partial charge in [-0.1, -0.05) is 20.8 Å². The van der Waals surface area contributed by atoms with Gasteiger partial charge in [0.25, 0.3) is 0 Å². The molecule has 0 aromatic carbocycles. The predicted octanol–water partition coefficient (Wildman–Crippen LogP) is 1.40. The zero-order chi connectivity index (χ0) is 12.7. The fourth-order valence-electron chi connectivity index (χ4n) is 1.99. The fourth-order valence-corrected chi connectivity index (χ4v) is 1.99. The lowest BCUT2D eigenvalue weighted by Crippen LogP contribution is -2.47. The largest absolute Gasteiger partial charge is 0.376 e. The first kappa shape index (κ1) is 14.5. The van der Waals surface area contributed by atoms with Gasteiger partial charge in [0.15, 0.2) is 0 Å². The Morgan fingerprint density at radius 3 is 2.94 bits per heavy atom. The average Bonchev–Trinajstić information content (AvgIpc) is 2.33. The van der Waals surface area contributed by atoms with Crippen LogP contribution < -0.4 is 5.32 Å². The summed E-state index contributed by atoms with van der Waals surface area (Å²) < 4.78 is 5.72. The highest BCUT2D eigenvalue weighted by atomic mass is 16.5. The first-order valence-corrected chi connectivity index (χ1v) is 6.76. The third-order valence-electron chi connectivity index (χ3n) is 2.95. The monoisotopic (exact) mass is 242 g/mol. The van der Waals surface area contributed by atoms with E-state index in [1.807, 2.05) is 4.90 Å². The number of nitrogens with zero attached hydrogens (tertiary/aromatic N) is 1. The molecule has 0 aromatic rings. The molecule has 0 radical (unpaired) electrons. The topological polar surface area (TPSA) is 41.6 Å². The minimum absolute atomic E-state index is 0.198. The molecule has 100 valence electrons. The maximum Gasteiger partial charge on any atom is 0.236 e. The summed E-state index contributed by atoms with van der Waals surface area (Å²) in [5, 5.41) is 3.17. The van der Waals surface area contributed by atoms with E-state index < -0.39 is 0 Å². The molecule has 17 heavy (non-hydrogen) atoms. The highest BCUT2D eigenvalue weighted by Crippen LogP contribution is 2.13. The molecule has 1 amide bonds. The molecule has 1 N–H and O–H groups in total. The van der Waals surface area contributed by atoms with Crippen LogP contribution in [0.4, 0.5) is 0 Å². The Morgan fingerprint density at radius 1 is 1.53 bits per heavy atom. The van der Waals surface area contributed by atoms with Gasteiger partial charge in [0.2, 0.25) is 5.91 Å². The number of amides is 1. The molecule has 0 aliphatic carbocycles. The van der Waals surface area contributed by atoms with Crippen molar-refractivity contribution in [2.45, 2.75) is 52.2 Å². The van der Waals surface area contributed by atoms with E-state index in [-0.39, 0.29) is 12.0 Å². The molecule has 1 aliphatic rings. The lowest BCUT2D eigenvalue weighted by atomic mass is 10.1. The van der Waals surface area contributed by atoms with E-state index in [9.17, 15) is 4.79 Å². The number of carbonyl (C=O) groups is 1. The zero-order valence-electron chi connectivity index (χ0n) is 11.4. The smallest absolute Gasteiger partial charge is 0.236 e.